The summed E-state index contributed by atoms with van der Waals surface area (Å²) in [5.41, 5.74) is 1.15. The summed E-state index contributed by atoms with van der Waals surface area (Å²) in [7, 11) is 0. The van der Waals surface area contributed by atoms with Crippen molar-refractivity contribution in [2.45, 2.75) is 13.3 Å². The lowest BCUT2D eigenvalue weighted by molar-refractivity contribution is 0.191. The molecule has 1 N–H and O–H groups in total. The number of nitrogens with one attached hydrogen (secondary N) is 1. The van der Waals surface area contributed by atoms with Crippen molar-refractivity contribution >= 4 is 11.6 Å². The molecule has 1 fully saturated rings. The first-order chi connectivity index (χ1) is 8.79. The molecule has 4 heteroatoms. The Labute approximate surface area is 114 Å². The normalized spacial score (nSPS) is 16.8. The van der Waals surface area contributed by atoms with Crippen LogP contribution in [0.3, 0.4) is 0 Å². The molecule has 3 nitrogen and oxygen atoms in total. The van der Waals surface area contributed by atoms with Gasteiger partial charge in [0.15, 0.2) is 0 Å². The van der Waals surface area contributed by atoms with Crippen LogP contribution in [0.1, 0.15) is 12.5 Å². The van der Waals surface area contributed by atoms with Crippen LogP contribution in [0.5, 0.6) is 5.75 Å². The second-order valence-corrected chi connectivity index (χ2v) is 4.95. The Hall–Kier alpha value is -0.770. The Balaban J connectivity index is 1.79. The summed E-state index contributed by atoms with van der Waals surface area (Å²) < 4.78 is 5.79. The van der Waals surface area contributed by atoms with Crippen LogP contribution >= 0.6 is 11.6 Å². The molecule has 100 valence electrons. The van der Waals surface area contributed by atoms with Crippen LogP contribution in [0, 0.1) is 0 Å². The van der Waals surface area contributed by atoms with Gasteiger partial charge in [0.05, 0.1) is 0 Å². The molecule has 0 radical (unpaired) electrons. The number of hydrogen-bond acceptors (Lipinski definition) is 3. The lowest BCUT2D eigenvalue weighted by atomic mass is 10.1. The lowest BCUT2D eigenvalue weighted by Crippen LogP contribution is -2.44. The van der Waals surface area contributed by atoms with E-state index in [1.807, 2.05) is 18.2 Å². The SMILES string of the molecule is CCc1cc(OCCN2CCNCC2)ccc1Cl. The highest BCUT2D eigenvalue weighted by Gasteiger charge is 2.09. The zero-order valence-corrected chi connectivity index (χ0v) is 11.7. The minimum Gasteiger partial charge on any atom is -0.492 e. The van der Waals surface area contributed by atoms with Crippen LogP contribution in [0.4, 0.5) is 0 Å². The summed E-state index contributed by atoms with van der Waals surface area (Å²) in [6.07, 6.45) is 0.938. The van der Waals surface area contributed by atoms with Crippen LogP contribution in [0.15, 0.2) is 18.2 Å². The Morgan fingerprint density at radius 1 is 1.33 bits per heavy atom. The number of rotatable bonds is 5. The van der Waals surface area contributed by atoms with Crippen molar-refractivity contribution in [3.63, 3.8) is 0 Å². The van der Waals surface area contributed by atoms with Crippen molar-refractivity contribution in [1.29, 1.82) is 0 Å². The molecule has 1 aromatic carbocycles. The number of aryl methyl sites for hydroxylation is 1. The smallest absolute Gasteiger partial charge is 0.119 e. The third-order valence-corrected chi connectivity index (χ3v) is 3.65. The predicted octanol–water partition coefficient (Wildman–Crippen LogP) is 2.19. The molecule has 1 aliphatic rings. The summed E-state index contributed by atoms with van der Waals surface area (Å²) in [6, 6.07) is 5.90. The van der Waals surface area contributed by atoms with Gasteiger partial charge in [0.1, 0.15) is 12.4 Å². The van der Waals surface area contributed by atoms with Crippen molar-refractivity contribution in [1.82, 2.24) is 10.2 Å². The van der Waals surface area contributed by atoms with E-state index in [1.165, 1.54) is 0 Å². The molecule has 0 bridgehead atoms. The van der Waals surface area contributed by atoms with Crippen LogP contribution in [-0.2, 0) is 6.42 Å². The van der Waals surface area contributed by atoms with Gasteiger partial charge in [0.25, 0.3) is 0 Å². The Kier molecular flexibility index (Phi) is 5.29. The fraction of sp³-hybridized carbons (Fsp3) is 0.571. The van der Waals surface area contributed by atoms with E-state index in [2.05, 4.69) is 17.1 Å². The van der Waals surface area contributed by atoms with E-state index in [4.69, 9.17) is 16.3 Å². The molecular formula is C14H21ClN2O. The Morgan fingerprint density at radius 2 is 2.11 bits per heavy atom. The average molecular weight is 269 g/mol. The number of ether oxygens (including phenoxy) is 1. The molecule has 0 amide bonds. The monoisotopic (exact) mass is 268 g/mol. The fourth-order valence-electron chi connectivity index (χ4n) is 2.14. The van der Waals surface area contributed by atoms with E-state index >= 15 is 0 Å². The first-order valence-electron chi connectivity index (χ1n) is 6.64. The first-order valence-corrected chi connectivity index (χ1v) is 7.01. The standard InChI is InChI=1S/C14H21ClN2O/c1-2-12-11-13(3-4-14(12)15)18-10-9-17-7-5-16-6-8-17/h3-4,11,16H,2,5-10H2,1H3. The van der Waals surface area contributed by atoms with Gasteiger partial charge in [-0.15, -0.1) is 0 Å². The molecule has 0 unspecified atom stereocenters. The van der Waals surface area contributed by atoms with Crippen molar-refractivity contribution < 1.29 is 4.74 Å². The quantitative estimate of drug-likeness (QED) is 0.886. The molecule has 1 aromatic rings. The molecule has 0 aromatic heterocycles. The van der Waals surface area contributed by atoms with Crippen LogP contribution in [0.25, 0.3) is 0 Å². The maximum absolute atomic E-state index is 6.08. The predicted molar refractivity (Wildman–Crippen MR) is 75.6 cm³/mol. The van der Waals surface area contributed by atoms with Crippen molar-refractivity contribution in [3.8, 4) is 5.75 Å². The van der Waals surface area contributed by atoms with E-state index in [9.17, 15) is 0 Å². The fourth-order valence-corrected chi connectivity index (χ4v) is 2.39. The highest BCUT2D eigenvalue weighted by atomic mass is 35.5. The third kappa shape index (κ3) is 3.87. The summed E-state index contributed by atoms with van der Waals surface area (Å²) in [5.74, 6) is 0.923. The molecular weight excluding hydrogens is 248 g/mol. The highest BCUT2D eigenvalue weighted by molar-refractivity contribution is 6.31. The van der Waals surface area contributed by atoms with Gasteiger partial charge < -0.3 is 10.1 Å². The van der Waals surface area contributed by atoms with E-state index in [1.54, 1.807) is 0 Å². The van der Waals surface area contributed by atoms with Crippen LogP contribution in [-0.4, -0.2) is 44.2 Å². The maximum Gasteiger partial charge on any atom is 0.119 e. The van der Waals surface area contributed by atoms with Crippen LogP contribution < -0.4 is 10.1 Å². The Morgan fingerprint density at radius 3 is 2.83 bits per heavy atom. The number of hydrogen-bond donors (Lipinski definition) is 1. The third-order valence-electron chi connectivity index (χ3n) is 3.28. The second-order valence-electron chi connectivity index (χ2n) is 4.55. The highest BCUT2D eigenvalue weighted by Crippen LogP contribution is 2.22. The van der Waals surface area contributed by atoms with Gasteiger partial charge in [-0.3, -0.25) is 4.90 Å². The van der Waals surface area contributed by atoms with E-state index < -0.39 is 0 Å². The average Bonchev–Trinajstić information content (AvgIpc) is 2.42. The lowest BCUT2D eigenvalue weighted by Gasteiger charge is -2.26. The molecule has 18 heavy (non-hydrogen) atoms. The van der Waals surface area contributed by atoms with E-state index in [0.717, 1.165) is 62.1 Å². The summed E-state index contributed by atoms with van der Waals surface area (Å²) in [5, 5.41) is 4.17. The molecule has 1 aliphatic heterocycles. The van der Waals surface area contributed by atoms with Gasteiger partial charge >= 0.3 is 0 Å². The minimum absolute atomic E-state index is 0.741. The Bertz CT molecular complexity index is 378. The topological polar surface area (TPSA) is 24.5 Å². The van der Waals surface area contributed by atoms with Gasteiger partial charge in [-0.1, -0.05) is 18.5 Å². The molecule has 2 rings (SSSR count). The van der Waals surface area contributed by atoms with E-state index in [0.29, 0.717) is 0 Å². The van der Waals surface area contributed by atoms with Gasteiger partial charge in [-0.25, -0.2) is 0 Å². The second kappa shape index (κ2) is 6.98. The summed E-state index contributed by atoms with van der Waals surface area (Å²) in [4.78, 5) is 2.42. The molecule has 1 heterocycles. The maximum atomic E-state index is 6.08. The molecule has 1 saturated heterocycles. The zero-order valence-electron chi connectivity index (χ0n) is 10.9. The van der Waals surface area contributed by atoms with Crippen LogP contribution in [0.2, 0.25) is 5.02 Å². The van der Waals surface area contributed by atoms with Gasteiger partial charge in [0, 0.05) is 37.7 Å². The molecule has 0 saturated carbocycles. The van der Waals surface area contributed by atoms with Gasteiger partial charge in [0.2, 0.25) is 0 Å². The number of nitrogens with zero attached hydrogens (tertiary/aromatic N) is 1. The van der Waals surface area contributed by atoms with Crippen molar-refractivity contribution in [3.05, 3.63) is 28.8 Å². The largest absolute Gasteiger partial charge is 0.492 e. The zero-order chi connectivity index (χ0) is 12.8. The molecule has 0 aliphatic carbocycles. The van der Waals surface area contributed by atoms with Crippen molar-refractivity contribution in [2.24, 2.45) is 0 Å². The van der Waals surface area contributed by atoms with Gasteiger partial charge in [-0.05, 0) is 30.2 Å². The summed E-state index contributed by atoms with van der Waals surface area (Å²) in [6.45, 7) is 8.23. The number of piperazine rings is 1. The number of benzene rings is 1. The van der Waals surface area contributed by atoms with E-state index in [-0.39, 0.29) is 0 Å². The van der Waals surface area contributed by atoms with Gasteiger partial charge in [-0.2, -0.15) is 0 Å². The minimum atomic E-state index is 0.741. The number of halogens is 1. The first kappa shape index (κ1) is 13.7. The summed E-state index contributed by atoms with van der Waals surface area (Å²) >= 11 is 6.08. The molecule has 0 spiro atoms. The molecule has 0 atom stereocenters. The van der Waals surface area contributed by atoms with Crippen molar-refractivity contribution in [2.75, 3.05) is 39.3 Å².